The van der Waals surface area contributed by atoms with Gasteiger partial charge in [-0.25, -0.2) is 4.98 Å². The molecule has 0 bridgehead atoms. The van der Waals surface area contributed by atoms with Crippen molar-refractivity contribution in [1.82, 2.24) is 9.88 Å². The Balaban J connectivity index is 1.67. The molecule has 0 saturated carbocycles. The number of ether oxygens (including phenoxy) is 1. The van der Waals surface area contributed by atoms with Crippen LogP contribution >= 0.6 is 11.8 Å². The lowest BCUT2D eigenvalue weighted by Crippen LogP contribution is -2.40. The highest BCUT2D eigenvalue weighted by Gasteiger charge is 2.28. The molecule has 0 radical (unpaired) electrons. The van der Waals surface area contributed by atoms with Gasteiger partial charge >= 0.3 is 0 Å². The first kappa shape index (κ1) is 14.4. The van der Waals surface area contributed by atoms with E-state index in [2.05, 4.69) is 21.6 Å². The fourth-order valence-electron chi connectivity index (χ4n) is 2.98. The predicted octanol–water partition coefficient (Wildman–Crippen LogP) is 2.78. The van der Waals surface area contributed by atoms with Crippen molar-refractivity contribution in [2.75, 3.05) is 24.7 Å². The van der Waals surface area contributed by atoms with Crippen molar-refractivity contribution in [2.45, 2.75) is 51.8 Å². The summed E-state index contributed by atoms with van der Waals surface area (Å²) in [7, 11) is 0. The van der Waals surface area contributed by atoms with Crippen LogP contribution in [0, 0.1) is 13.8 Å². The van der Waals surface area contributed by atoms with E-state index in [9.17, 15) is 0 Å². The number of aromatic nitrogens is 1. The van der Waals surface area contributed by atoms with Gasteiger partial charge in [-0.2, -0.15) is 11.8 Å². The van der Waals surface area contributed by atoms with Crippen LogP contribution in [0.5, 0.6) is 0 Å². The minimum absolute atomic E-state index is 0.401. The Kier molecular flexibility index (Phi) is 4.68. The molecule has 1 aromatic heterocycles. The van der Waals surface area contributed by atoms with Gasteiger partial charge in [-0.15, -0.1) is 0 Å². The predicted molar refractivity (Wildman–Crippen MR) is 81.1 cm³/mol. The molecule has 0 amide bonds. The van der Waals surface area contributed by atoms with E-state index in [-0.39, 0.29) is 0 Å². The summed E-state index contributed by atoms with van der Waals surface area (Å²) in [5.41, 5.74) is 1.01. The van der Waals surface area contributed by atoms with Crippen molar-refractivity contribution in [3.05, 3.63) is 17.3 Å². The molecule has 5 heteroatoms. The van der Waals surface area contributed by atoms with Crippen LogP contribution in [-0.4, -0.2) is 46.7 Å². The molecule has 0 unspecified atom stereocenters. The molecular formula is C15H24N2O2S. The molecule has 2 aliphatic heterocycles. The van der Waals surface area contributed by atoms with E-state index in [1.807, 2.05) is 13.8 Å². The zero-order valence-electron chi connectivity index (χ0n) is 12.4. The number of oxazole rings is 1. The Labute approximate surface area is 125 Å². The van der Waals surface area contributed by atoms with Gasteiger partial charge < -0.3 is 9.15 Å². The van der Waals surface area contributed by atoms with Gasteiger partial charge in [-0.1, -0.05) is 0 Å². The molecule has 2 fully saturated rings. The van der Waals surface area contributed by atoms with Crippen molar-refractivity contribution in [2.24, 2.45) is 0 Å². The second kappa shape index (κ2) is 6.50. The second-order valence-corrected chi connectivity index (χ2v) is 6.98. The molecule has 2 aliphatic rings. The molecule has 2 atom stereocenters. The van der Waals surface area contributed by atoms with Crippen molar-refractivity contribution < 1.29 is 9.15 Å². The first-order valence-corrected chi connectivity index (χ1v) is 8.74. The maximum absolute atomic E-state index is 5.81. The highest BCUT2D eigenvalue weighted by Crippen LogP contribution is 2.26. The second-order valence-electron chi connectivity index (χ2n) is 5.83. The third kappa shape index (κ3) is 3.38. The largest absolute Gasteiger partial charge is 0.444 e. The summed E-state index contributed by atoms with van der Waals surface area (Å²) >= 11 is 2.05. The molecule has 1 aromatic rings. The zero-order chi connectivity index (χ0) is 13.9. The molecule has 2 saturated heterocycles. The van der Waals surface area contributed by atoms with Crippen LogP contribution in [0.3, 0.4) is 0 Å². The number of aryl methyl sites for hydroxylation is 2. The first-order valence-electron chi connectivity index (χ1n) is 7.58. The highest BCUT2D eigenvalue weighted by molar-refractivity contribution is 7.99. The molecule has 112 valence electrons. The SMILES string of the molecule is Cc1nc(CN(C[C@@H]2CCCO2)[C@H]2CCSC2)oc1C. The third-order valence-electron chi connectivity index (χ3n) is 4.30. The monoisotopic (exact) mass is 296 g/mol. The molecule has 4 nitrogen and oxygen atoms in total. The summed E-state index contributed by atoms with van der Waals surface area (Å²) in [6, 6.07) is 0.650. The topological polar surface area (TPSA) is 38.5 Å². The summed E-state index contributed by atoms with van der Waals surface area (Å²) in [5, 5.41) is 0. The zero-order valence-corrected chi connectivity index (χ0v) is 13.2. The van der Waals surface area contributed by atoms with E-state index < -0.39 is 0 Å². The molecule has 0 aromatic carbocycles. The summed E-state index contributed by atoms with van der Waals surface area (Å²) < 4.78 is 11.6. The van der Waals surface area contributed by atoms with E-state index in [0.717, 1.165) is 37.0 Å². The van der Waals surface area contributed by atoms with E-state index in [4.69, 9.17) is 9.15 Å². The van der Waals surface area contributed by atoms with Gasteiger partial charge in [-0.3, -0.25) is 4.90 Å². The number of nitrogens with zero attached hydrogens (tertiary/aromatic N) is 2. The number of thioether (sulfide) groups is 1. The van der Waals surface area contributed by atoms with Crippen LogP contribution in [0.15, 0.2) is 4.42 Å². The van der Waals surface area contributed by atoms with Crippen LogP contribution in [0.25, 0.3) is 0 Å². The minimum Gasteiger partial charge on any atom is -0.444 e. The number of hydrogen-bond acceptors (Lipinski definition) is 5. The fraction of sp³-hybridized carbons (Fsp3) is 0.800. The fourth-order valence-corrected chi connectivity index (χ4v) is 4.24. The average molecular weight is 296 g/mol. The van der Waals surface area contributed by atoms with E-state index in [0.29, 0.717) is 12.1 Å². The van der Waals surface area contributed by atoms with Crippen LogP contribution < -0.4 is 0 Å². The molecule has 0 spiro atoms. The maximum atomic E-state index is 5.81. The smallest absolute Gasteiger partial charge is 0.208 e. The Morgan fingerprint density at radius 1 is 1.35 bits per heavy atom. The molecule has 0 N–H and O–H groups in total. The Morgan fingerprint density at radius 2 is 2.25 bits per heavy atom. The first-order chi connectivity index (χ1) is 9.72. The summed E-state index contributed by atoms with van der Waals surface area (Å²) in [6.07, 6.45) is 4.07. The molecule has 3 heterocycles. The van der Waals surface area contributed by atoms with Crippen molar-refractivity contribution >= 4 is 11.8 Å². The Bertz CT molecular complexity index is 418. The van der Waals surface area contributed by atoms with Crippen molar-refractivity contribution in [3.63, 3.8) is 0 Å². The number of rotatable bonds is 5. The maximum Gasteiger partial charge on any atom is 0.208 e. The summed E-state index contributed by atoms with van der Waals surface area (Å²) in [4.78, 5) is 7.07. The molecule has 0 aliphatic carbocycles. The quantitative estimate of drug-likeness (QED) is 0.835. The van der Waals surface area contributed by atoms with Crippen LogP contribution in [0.4, 0.5) is 0 Å². The van der Waals surface area contributed by atoms with Crippen LogP contribution in [-0.2, 0) is 11.3 Å². The van der Waals surface area contributed by atoms with E-state index in [1.54, 1.807) is 0 Å². The molecule has 20 heavy (non-hydrogen) atoms. The van der Waals surface area contributed by atoms with Gasteiger partial charge in [0.25, 0.3) is 0 Å². The molecular weight excluding hydrogens is 272 g/mol. The lowest BCUT2D eigenvalue weighted by molar-refractivity contribution is 0.0538. The lowest BCUT2D eigenvalue weighted by atomic mass is 10.1. The van der Waals surface area contributed by atoms with Crippen molar-refractivity contribution in [3.8, 4) is 0 Å². The van der Waals surface area contributed by atoms with Crippen LogP contribution in [0.1, 0.15) is 36.6 Å². The van der Waals surface area contributed by atoms with Gasteiger partial charge in [0.1, 0.15) is 5.76 Å². The van der Waals surface area contributed by atoms with Gasteiger partial charge in [-0.05, 0) is 38.9 Å². The normalized spacial score (nSPS) is 26.8. The van der Waals surface area contributed by atoms with Gasteiger partial charge in [0, 0.05) is 24.9 Å². The van der Waals surface area contributed by atoms with Gasteiger partial charge in [0.05, 0.1) is 18.3 Å². The number of hydrogen-bond donors (Lipinski definition) is 0. The minimum atomic E-state index is 0.401. The van der Waals surface area contributed by atoms with E-state index in [1.165, 1.54) is 30.8 Å². The molecule has 3 rings (SSSR count). The van der Waals surface area contributed by atoms with Crippen molar-refractivity contribution in [1.29, 1.82) is 0 Å². The lowest BCUT2D eigenvalue weighted by Gasteiger charge is -2.29. The van der Waals surface area contributed by atoms with Gasteiger partial charge in [0.2, 0.25) is 5.89 Å². The third-order valence-corrected chi connectivity index (χ3v) is 5.44. The summed E-state index contributed by atoms with van der Waals surface area (Å²) in [5.74, 6) is 4.30. The summed E-state index contributed by atoms with van der Waals surface area (Å²) in [6.45, 7) is 6.76. The Hall–Kier alpha value is -0.520. The van der Waals surface area contributed by atoms with Gasteiger partial charge in [0.15, 0.2) is 0 Å². The van der Waals surface area contributed by atoms with E-state index >= 15 is 0 Å². The Morgan fingerprint density at radius 3 is 2.85 bits per heavy atom. The standard InChI is InChI=1S/C15H24N2O2S/c1-11-12(2)19-15(16-11)9-17(13-5-7-20-10-13)8-14-4-3-6-18-14/h13-14H,3-10H2,1-2H3/t13-,14-/m0/s1. The average Bonchev–Trinajstić information content (AvgIpc) is 3.13. The highest BCUT2D eigenvalue weighted by atomic mass is 32.2. The van der Waals surface area contributed by atoms with Crippen LogP contribution in [0.2, 0.25) is 0 Å².